The Balaban J connectivity index is 2.92. The highest BCUT2D eigenvalue weighted by Gasteiger charge is 2.17. The SMILES string of the molecule is CC(C)(C)OC(=O)Nc1ccc(N=C=S)cc1C=N. The molecule has 6 heteroatoms. The van der Waals surface area contributed by atoms with Gasteiger partial charge in [0, 0.05) is 11.8 Å². The number of carbonyl (C=O) groups is 1. The van der Waals surface area contributed by atoms with Gasteiger partial charge in [-0.05, 0) is 51.2 Å². The summed E-state index contributed by atoms with van der Waals surface area (Å²) in [5.41, 5.74) is 0.990. The molecule has 0 saturated carbocycles. The number of hydrogen-bond donors (Lipinski definition) is 2. The lowest BCUT2D eigenvalue weighted by Crippen LogP contribution is -2.27. The molecule has 1 amide bonds. The first-order valence-electron chi connectivity index (χ1n) is 5.58. The number of thiocarbonyl (C=S) groups is 1. The minimum Gasteiger partial charge on any atom is -0.444 e. The summed E-state index contributed by atoms with van der Waals surface area (Å²) < 4.78 is 5.14. The Morgan fingerprint density at radius 3 is 2.74 bits per heavy atom. The van der Waals surface area contributed by atoms with E-state index in [1.165, 1.54) is 0 Å². The maximum Gasteiger partial charge on any atom is 0.412 e. The van der Waals surface area contributed by atoms with Crippen molar-refractivity contribution in [2.45, 2.75) is 26.4 Å². The molecule has 1 aromatic rings. The van der Waals surface area contributed by atoms with E-state index in [9.17, 15) is 4.79 Å². The standard InChI is InChI=1S/C13H15N3O2S/c1-13(2,3)18-12(17)16-11-5-4-10(15-8-19)6-9(11)7-14/h4-7,14H,1-3H3,(H,16,17). The number of nitrogens with one attached hydrogen (secondary N) is 2. The van der Waals surface area contributed by atoms with E-state index in [4.69, 9.17) is 10.1 Å². The molecule has 5 nitrogen and oxygen atoms in total. The molecule has 0 aliphatic heterocycles. The molecule has 0 unspecified atom stereocenters. The van der Waals surface area contributed by atoms with Crippen molar-refractivity contribution in [1.82, 2.24) is 0 Å². The van der Waals surface area contributed by atoms with Crippen molar-refractivity contribution >= 4 is 41.1 Å². The first-order valence-corrected chi connectivity index (χ1v) is 5.99. The third-order valence-corrected chi connectivity index (χ3v) is 2.09. The van der Waals surface area contributed by atoms with Crippen molar-refractivity contribution in [1.29, 1.82) is 5.41 Å². The van der Waals surface area contributed by atoms with Crippen LogP contribution in [0, 0.1) is 5.41 Å². The molecule has 0 atom stereocenters. The largest absolute Gasteiger partial charge is 0.444 e. The maximum atomic E-state index is 11.6. The number of rotatable bonds is 3. The Bertz CT molecular complexity index is 543. The fraction of sp³-hybridized carbons (Fsp3) is 0.308. The molecule has 0 aliphatic carbocycles. The van der Waals surface area contributed by atoms with E-state index in [1.54, 1.807) is 39.0 Å². The number of aliphatic imine (C=N–C) groups is 1. The zero-order chi connectivity index (χ0) is 14.5. The van der Waals surface area contributed by atoms with Gasteiger partial charge in [-0.2, -0.15) is 4.99 Å². The van der Waals surface area contributed by atoms with E-state index < -0.39 is 11.7 Å². The normalized spacial score (nSPS) is 10.3. The van der Waals surface area contributed by atoms with E-state index in [0.717, 1.165) is 6.21 Å². The van der Waals surface area contributed by atoms with Gasteiger partial charge in [-0.25, -0.2) is 4.79 Å². The smallest absolute Gasteiger partial charge is 0.412 e. The average Bonchev–Trinajstić information content (AvgIpc) is 2.29. The van der Waals surface area contributed by atoms with Crippen molar-refractivity contribution in [2.75, 3.05) is 5.32 Å². The highest BCUT2D eigenvalue weighted by Crippen LogP contribution is 2.21. The summed E-state index contributed by atoms with van der Waals surface area (Å²) in [6.07, 6.45) is 0.552. The zero-order valence-corrected chi connectivity index (χ0v) is 11.8. The van der Waals surface area contributed by atoms with Gasteiger partial charge < -0.3 is 10.1 Å². The quantitative estimate of drug-likeness (QED) is 0.652. The molecule has 0 spiro atoms. The topological polar surface area (TPSA) is 74.5 Å². The van der Waals surface area contributed by atoms with Crippen LogP contribution in [0.2, 0.25) is 0 Å². The number of hydrogen-bond acceptors (Lipinski definition) is 5. The Morgan fingerprint density at radius 1 is 1.53 bits per heavy atom. The summed E-state index contributed by atoms with van der Waals surface area (Å²) in [5, 5.41) is 12.2. The fourth-order valence-electron chi connectivity index (χ4n) is 1.32. The van der Waals surface area contributed by atoms with E-state index in [2.05, 4.69) is 27.7 Å². The highest BCUT2D eigenvalue weighted by atomic mass is 32.1. The van der Waals surface area contributed by atoms with E-state index in [1.807, 2.05) is 0 Å². The van der Waals surface area contributed by atoms with Gasteiger partial charge in [0.1, 0.15) is 5.60 Å². The Hall–Kier alpha value is -2.04. The molecule has 100 valence electrons. The zero-order valence-electron chi connectivity index (χ0n) is 11.0. The second-order valence-corrected chi connectivity index (χ2v) is 4.93. The van der Waals surface area contributed by atoms with E-state index >= 15 is 0 Å². The van der Waals surface area contributed by atoms with Crippen molar-refractivity contribution < 1.29 is 9.53 Å². The number of isothiocyanates is 1. The lowest BCUT2D eigenvalue weighted by molar-refractivity contribution is 0.0636. The number of anilines is 1. The van der Waals surface area contributed by atoms with Crippen LogP contribution in [0.5, 0.6) is 0 Å². The minimum atomic E-state index is -0.573. The molecule has 0 aliphatic rings. The summed E-state index contributed by atoms with van der Waals surface area (Å²) in [6.45, 7) is 5.34. The van der Waals surface area contributed by atoms with Gasteiger partial charge in [-0.1, -0.05) is 0 Å². The number of amides is 1. The highest BCUT2D eigenvalue weighted by molar-refractivity contribution is 7.78. The molecule has 19 heavy (non-hydrogen) atoms. The van der Waals surface area contributed by atoms with Gasteiger partial charge in [-0.15, -0.1) is 0 Å². The number of ether oxygens (including phenoxy) is 1. The van der Waals surface area contributed by atoms with Crippen LogP contribution in [0.3, 0.4) is 0 Å². The summed E-state index contributed by atoms with van der Waals surface area (Å²) in [6, 6.07) is 4.92. The Labute approximate surface area is 117 Å². The Morgan fingerprint density at radius 2 is 2.21 bits per heavy atom. The van der Waals surface area contributed by atoms with Crippen LogP contribution in [0.1, 0.15) is 26.3 Å². The Kier molecular flexibility index (Phi) is 4.92. The van der Waals surface area contributed by atoms with Gasteiger partial charge in [0.15, 0.2) is 0 Å². The van der Waals surface area contributed by atoms with Gasteiger partial charge in [0.2, 0.25) is 0 Å². The summed E-state index contributed by atoms with van der Waals surface area (Å²) in [7, 11) is 0. The van der Waals surface area contributed by atoms with E-state index in [-0.39, 0.29) is 0 Å². The molecular weight excluding hydrogens is 262 g/mol. The molecule has 0 fully saturated rings. The van der Waals surface area contributed by atoms with Gasteiger partial charge in [-0.3, -0.25) is 5.32 Å². The van der Waals surface area contributed by atoms with E-state index in [0.29, 0.717) is 16.9 Å². The lowest BCUT2D eigenvalue weighted by atomic mass is 10.1. The number of benzene rings is 1. The molecule has 0 bridgehead atoms. The van der Waals surface area contributed by atoms with Crippen molar-refractivity contribution in [2.24, 2.45) is 4.99 Å². The summed E-state index contributed by atoms with van der Waals surface area (Å²) >= 11 is 4.51. The van der Waals surface area contributed by atoms with Gasteiger partial charge in [0.05, 0.1) is 16.5 Å². The molecular formula is C13H15N3O2S. The first-order chi connectivity index (χ1) is 8.85. The maximum absolute atomic E-state index is 11.6. The summed E-state index contributed by atoms with van der Waals surface area (Å²) in [5.74, 6) is 0. The van der Waals surface area contributed by atoms with Crippen LogP contribution >= 0.6 is 12.2 Å². The minimum absolute atomic E-state index is 0.479. The fourth-order valence-corrected chi connectivity index (χ4v) is 1.42. The van der Waals surface area contributed by atoms with Crippen LogP contribution in [0.25, 0.3) is 0 Å². The van der Waals surface area contributed by atoms with Crippen LogP contribution < -0.4 is 5.32 Å². The predicted molar refractivity (Wildman–Crippen MR) is 78.9 cm³/mol. The predicted octanol–water partition coefficient (Wildman–Crippen LogP) is 3.77. The molecule has 1 rings (SSSR count). The first kappa shape index (κ1) is 15.0. The number of nitrogens with zero attached hydrogens (tertiary/aromatic N) is 1. The summed E-state index contributed by atoms with van der Waals surface area (Å²) in [4.78, 5) is 15.5. The van der Waals surface area contributed by atoms with Crippen molar-refractivity contribution in [3.63, 3.8) is 0 Å². The molecule has 0 radical (unpaired) electrons. The molecule has 0 aromatic heterocycles. The second-order valence-electron chi connectivity index (χ2n) is 4.75. The molecule has 1 aromatic carbocycles. The van der Waals surface area contributed by atoms with Crippen molar-refractivity contribution in [3.05, 3.63) is 23.8 Å². The van der Waals surface area contributed by atoms with Gasteiger partial charge in [0.25, 0.3) is 0 Å². The molecule has 2 N–H and O–H groups in total. The van der Waals surface area contributed by atoms with Crippen LogP contribution in [-0.4, -0.2) is 23.1 Å². The molecule has 0 saturated heterocycles. The van der Waals surface area contributed by atoms with Crippen molar-refractivity contribution in [3.8, 4) is 0 Å². The second kappa shape index (κ2) is 6.22. The van der Waals surface area contributed by atoms with Crippen LogP contribution in [0.15, 0.2) is 23.2 Å². The van der Waals surface area contributed by atoms with Gasteiger partial charge >= 0.3 is 6.09 Å². The molecule has 0 heterocycles. The van der Waals surface area contributed by atoms with Crippen LogP contribution in [0.4, 0.5) is 16.2 Å². The number of carbonyl (C=O) groups excluding carboxylic acids is 1. The lowest BCUT2D eigenvalue weighted by Gasteiger charge is -2.20. The third-order valence-electron chi connectivity index (χ3n) is 2.00. The van der Waals surface area contributed by atoms with Crippen LogP contribution in [-0.2, 0) is 4.74 Å². The average molecular weight is 277 g/mol. The third kappa shape index (κ3) is 4.99. The monoisotopic (exact) mass is 277 g/mol.